The summed E-state index contributed by atoms with van der Waals surface area (Å²) in [6.45, 7) is 1.90. The number of carbonyl (C=O) groups excluding carboxylic acids is 2. The van der Waals surface area contributed by atoms with Gasteiger partial charge in [-0.25, -0.2) is 0 Å². The fourth-order valence-corrected chi connectivity index (χ4v) is 5.07. The molecule has 0 saturated heterocycles. The van der Waals surface area contributed by atoms with Gasteiger partial charge in [-0.05, 0) is 54.7 Å². The summed E-state index contributed by atoms with van der Waals surface area (Å²) in [7, 11) is 1.64. The van der Waals surface area contributed by atoms with Gasteiger partial charge in [0.15, 0.2) is 5.78 Å². The highest BCUT2D eigenvalue weighted by Crippen LogP contribution is 2.45. The first kappa shape index (κ1) is 22.6. The Labute approximate surface area is 204 Å². The van der Waals surface area contributed by atoms with E-state index in [1.807, 2.05) is 61.5 Å². The number of benzene rings is 2. The van der Waals surface area contributed by atoms with E-state index in [4.69, 9.17) is 4.74 Å². The van der Waals surface area contributed by atoms with Crippen LogP contribution in [0, 0.1) is 0 Å². The van der Waals surface area contributed by atoms with E-state index < -0.39 is 5.92 Å². The molecule has 1 amide bonds. The largest absolute Gasteiger partial charge is 0.497 e. The predicted octanol–water partition coefficient (Wildman–Crippen LogP) is 5.09. The maximum absolute atomic E-state index is 13.7. The second-order valence-corrected chi connectivity index (χ2v) is 8.90. The van der Waals surface area contributed by atoms with Crippen LogP contribution in [0.2, 0.25) is 0 Å². The van der Waals surface area contributed by atoms with Crippen molar-refractivity contribution >= 4 is 17.4 Å². The summed E-state index contributed by atoms with van der Waals surface area (Å²) < 4.78 is 5.28. The molecule has 2 unspecified atom stereocenters. The van der Waals surface area contributed by atoms with E-state index in [0.717, 1.165) is 28.3 Å². The molecule has 2 heterocycles. The zero-order chi connectivity index (χ0) is 24.4. The third-order valence-corrected chi connectivity index (χ3v) is 6.71. The molecule has 35 heavy (non-hydrogen) atoms. The van der Waals surface area contributed by atoms with Crippen molar-refractivity contribution in [3.8, 4) is 5.75 Å². The van der Waals surface area contributed by atoms with Crippen LogP contribution in [-0.4, -0.2) is 23.8 Å². The van der Waals surface area contributed by atoms with Crippen molar-refractivity contribution in [2.24, 2.45) is 0 Å². The van der Waals surface area contributed by atoms with Crippen molar-refractivity contribution in [3.63, 3.8) is 0 Å². The van der Waals surface area contributed by atoms with Crippen LogP contribution in [0.3, 0.4) is 0 Å². The van der Waals surface area contributed by atoms with Crippen molar-refractivity contribution in [1.29, 1.82) is 0 Å². The average molecular weight is 466 g/mol. The second-order valence-electron chi connectivity index (χ2n) is 8.90. The normalized spacial score (nSPS) is 19.7. The van der Waals surface area contributed by atoms with Gasteiger partial charge in [0.2, 0.25) is 0 Å². The van der Waals surface area contributed by atoms with Crippen LogP contribution in [0.15, 0.2) is 102 Å². The number of hydrogen-bond acceptors (Lipinski definition) is 5. The molecule has 6 nitrogen and oxygen atoms in total. The van der Waals surface area contributed by atoms with Gasteiger partial charge in [-0.2, -0.15) is 0 Å². The van der Waals surface area contributed by atoms with Crippen LogP contribution in [0.25, 0.3) is 0 Å². The number of aromatic nitrogens is 1. The van der Waals surface area contributed by atoms with Gasteiger partial charge in [-0.1, -0.05) is 42.5 Å². The summed E-state index contributed by atoms with van der Waals surface area (Å²) in [6.07, 6.45) is 4.36. The van der Waals surface area contributed by atoms with E-state index >= 15 is 0 Å². The third kappa shape index (κ3) is 4.47. The monoisotopic (exact) mass is 465 g/mol. The molecular weight excluding hydrogens is 438 g/mol. The number of nitrogens with zero attached hydrogens (tertiary/aromatic N) is 1. The number of ketones is 1. The van der Waals surface area contributed by atoms with Gasteiger partial charge in [0.25, 0.3) is 5.91 Å². The summed E-state index contributed by atoms with van der Waals surface area (Å²) >= 11 is 0. The van der Waals surface area contributed by atoms with Crippen LogP contribution in [-0.2, 0) is 9.59 Å². The zero-order valence-corrected chi connectivity index (χ0v) is 19.7. The molecule has 0 fully saturated rings. The summed E-state index contributed by atoms with van der Waals surface area (Å²) in [4.78, 5) is 31.3. The van der Waals surface area contributed by atoms with E-state index in [9.17, 15) is 9.59 Å². The Morgan fingerprint density at radius 1 is 1.00 bits per heavy atom. The number of anilines is 1. The fraction of sp³-hybridized carbons (Fsp3) is 0.207. The second kappa shape index (κ2) is 9.58. The molecule has 0 saturated carbocycles. The minimum atomic E-state index is -0.437. The minimum Gasteiger partial charge on any atom is -0.497 e. The SMILES string of the molecule is COc1ccc(C2CC(=O)C3=C(C2)NC(C)=C(C(=O)Nc2cccnc2)C3c2ccccc2)cc1. The molecule has 0 bridgehead atoms. The fourth-order valence-electron chi connectivity index (χ4n) is 5.07. The van der Waals surface area contributed by atoms with Gasteiger partial charge in [0.1, 0.15) is 5.75 Å². The number of rotatable bonds is 5. The average Bonchev–Trinajstić information content (AvgIpc) is 2.88. The van der Waals surface area contributed by atoms with Gasteiger partial charge >= 0.3 is 0 Å². The van der Waals surface area contributed by atoms with Crippen LogP contribution in [0.5, 0.6) is 5.75 Å². The highest BCUT2D eigenvalue weighted by Gasteiger charge is 2.40. The van der Waals surface area contributed by atoms with E-state index in [-0.39, 0.29) is 17.6 Å². The molecule has 3 aromatic rings. The molecule has 5 rings (SSSR count). The molecule has 6 heteroatoms. The van der Waals surface area contributed by atoms with Gasteiger partial charge < -0.3 is 15.4 Å². The van der Waals surface area contributed by atoms with Crippen molar-refractivity contribution < 1.29 is 14.3 Å². The van der Waals surface area contributed by atoms with E-state index in [0.29, 0.717) is 29.7 Å². The Morgan fingerprint density at radius 3 is 2.46 bits per heavy atom. The van der Waals surface area contributed by atoms with Crippen LogP contribution >= 0.6 is 0 Å². The Balaban J connectivity index is 1.52. The Hall–Kier alpha value is -4.19. The Kier molecular flexibility index (Phi) is 6.19. The number of ether oxygens (including phenoxy) is 1. The molecule has 2 N–H and O–H groups in total. The quantitative estimate of drug-likeness (QED) is 0.549. The van der Waals surface area contributed by atoms with Gasteiger partial charge in [0, 0.05) is 41.1 Å². The molecule has 0 radical (unpaired) electrons. The minimum absolute atomic E-state index is 0.0626. The lowest BCUT2D eigenvalue weighted by Gasteiger charge is -2.37. The maximum Gasteiger partial charge on any atom is 0.254 e. The zero-order valence-electron chi connectivity index (χ0n) is 19.7. The number of dihydropyridines is 1. The van der Waals surface area contributed by atoms with Crippen LogP contribution in [0.4, 0.5) is 5.69 Å². The van der Waals surface area contributed by atoms with Crippen LogP contribution < -0.4 is 15.4 Å². The van der Waals surface area contributed by atoms with Crippen molar-refractivity contribution in [2.75, 3.05) is 12.4 Å². The molecule has 2 aromatic carbocycles. The van der Waals surface area contributed by atoms with Crippen LogP contribution in [0.1, 0.15) is 42.7 Å². The number of methoxy groups -OCH3 is 1. The van der Waals surface area contributed by atoms with Crippen molar-refractivity contribution in [3.05, 3.63) is 113 Å². The molecule has 1 aromatic heterocycles. The number of carbonyl (C=O) groups is 2. The predicted molar refractivity (Wildman–Crippen MR) is 135 cm³/mol. The topological polar surface area (TPSA) is 80.3 Å². The number of pyridine rings is 1. The summed E-state index contributed by atoms with van der Waals surface area (Å²) in [6, 6.07) is 21.3. The first-order valence-electron chi connectivity index (χ1n) is 11.7. The van der Waals surface area contributed by atoms with Crippen molar-refractivity contribution in [1.82, 2.24) is 10.3 Å². The summed E-state index contributed by atoms with van der Waals surface area (Å²) in [5.41, 5.74) is 5.52. The third-order valence-electron chi connectivity index (χ3n) is 6.71. The number of hydrogen-bond donors (Lipinski definition) is 2. The highest BCUT2D eigenvalue weighted by atomic mass is 16.5. The van der Waals surface area contributed by atoms with Gasteiger partial charge in [0.05, 0.1) is 19.0 Å². The number of allylic oxidation sites excluding steroid dienone is 3. The van der Waals surface area contributed by atoms with E-state index in [1.165, 1.54) is 0 Å². The van der Waals surface area contributed by atoms with Crippen molar-refractivity contribution in [2.45, 2.75) is 31.6 Å². The Morgan fingerprint density at radius 2 is 1.77 bits per heavy atom. The standard InChI is InChI=1S/C29H27N3O3/c1-18-26(29(34)32-22-9-6-14-30-17-22)27(20-7-4-3-5-8-20)28-24(31-18)15-21(16-25(28)33)19-10-12-23(35-2)13-11-19/h3-14,17,21,27,31H,15-16H2,1-2H3,(H,32,34). The molecule has 2 aliphatic rings. The van der Waals surface area contributed by atoms with Gasteiger partial charge in [-0.15, -0.1) is 0 Å². The smallest absolute Gasteiger partial charge is 0.254 e. The summed E-state index contributed by atoms with van der Waals surface area (Å²) in [5, 5.41) is 6.38. The summed E-state index contributed by atoms with van der Waals surface area (Å²) in [5.74, 6) is 0.239. The molecule has 0 spiro atoms. The first-order chi connectivity index (χ1) is 17.0. The molecule has 1 aliphatic carbocycles. The molecule has 2 atom stereocenters. The number of amides is 1. The lowest BCUT2D eigenvalue weighted by molar-refractivity contribution is -0.116. The number of Topliss-reactive ketones (excluding diaryl/α,β-unsaturated/α-hetero) is 1. The van der Waals surface area contributed by atoms with Gasteiger partial charge in [-0.3, -0.25) is 14.6 Å². The maximum atomic E-state index is 13.7. The number of nitrogens with one attached hydrogen (secondary N) is 2. The molecule has 176 valence electrons. The Bertz CT molecular complexity index is 1310. The lowest BCUT2D eigenvalue weighted by Crippen LogP contribution is -2.37. The molecular formula is C29H27N3O3. The van der Waals surface area contributed by atoms with E-state index in [1.54, 1.807) is 31.6 Å². The highest BCUT2D eigenvalue weighted by molar-refractivity contribution is 6.09. The van der Waals surface area contributed by atoms with E-state index in [2.05, 4.69) is 15.6 Å². The lowest BCUT2D eigenvalue weighted by atomic mass is 9.71. The molecule has 1 aliphatic heterocycles. The first-order valence-corrected chi connectivity index (χ1v) is 11.7.